The first-order valence-corrected chi connectivity index (χ1v) is 6.85. The number of methoxy groups -OCH3 is 2. The summed E-state index contributed by atoms with van der Waals surface area (Å²) in [4.78, 5) is 4.74. The molecule has 1 aliphatic rings. The summed E-state index contributed by atoms with van der Waals surface area (Å²) in [5.41, 5.74) is 3.21. The van der Waals surface area contributed by atoms with Gasteiger partial charge in [-0.2, -0.15) is 0 Å². The van der Waals surface area contributed by atoms with E-state index in [1.807, 2.05) is 12.1 Å². The Morgan fingerprint density at radius 2 is 1.74 bits per heavy atom. The third-order valence-electron chi connectivity index (χ3n) is 3.70. The molecule has 0 saturated carbocycles. The molecule has 100 valence electrons. The van der Waals surface area contributed by atoms with Crippen molar-refractivity contribution < 1.29 is 9.47 Å². The molecule has 3 rings (SSSR count). The van der Waals surface area contributed by atoms with Crippen molar-refractivity contribution in [3.05, 3.63) is 28.4 Å². The lowest BCUT2D eigenvalue weighted by atomic mass is 9.94. The molecule has 0 aliphatic heterocycles. The largest absolute Gasteiger partial charge is 0.493 e. The van der Waals surface area contributed by atoms with E-state index in [4.69, 9.17) is 26.1 Å². The van der Waals surface area contributed by atoms with E-state index in [1.54, 1.807) is 14.2 Å². The second-order valence-electron chi connectivity index (χ2n) is 4.78. The molecule has 4 heteroatoms. The lowest BCUT2D eigenvalue weighted by Crippen LogP contribution is -2.06. The van der Waals surface area contributed by atoms with Crippen LogP contribution in [-0.4, -0.2) is 19.2 Å². The highest BCUT2D eigenvalue weighted by atomic mass is 35.5. The summed E-state index contributed by atoms with van der Waals surface area (Å²) in [5.74, 6) is 1.38. The first-order valence-electron chi connectivity index (χ1n) is 6.47. The van der Waals surface area contributed by atoms with Gasteiger partial charge in [0, 0.05) is 17.1 Å². The van der Waals surface area contributed by atoms with Gasteiger partial charge in [-0.15, -0.1) is 0 Å². The topological polar surface area (TPSA) is 31.4 Å². The predicted molar refractivity (Wildman–Crippen MR) is 76.5 cm³/mol. The maximum atomic E-state index is 6.55. The summed E-state index contributed by atoms with van der Waals surface area (Å²) in [5, 5.41) is 1.76. The van der Waals surface area contributed by atoms with Crippen LogP contribution >= 0.6 is 11.6 Å². The molecule has 0 amide bonds. The molecule has 1 aliphatic carbocycles. The van der Waals surface area contributed by atoms with Gasteiger partial charge in [-0.05, 0) is 37.3 Å². The normalized spacial score (nSPS) is 14.3. The Hall–Kier alpha value is -1.48. The number of hydrogen-bond donors (Lipinski definition) is 0. The maximum absolute atomic E-state index is 6.55. The molecule has 3 nitrogen and oxygen atoms in total. The molecule has 1 aromatic carbocycles. The molecular formula is C15H16ClNO2. The van der Waals surface area contributed by atoms with Crippen LogP contribution in [0, 0.1) is 0 Å². The van der Waals surface area contributed by atoms with Crippen molar-refractivity contribution in [2.45, 2.75) is 25.7 Å². The van der Waals surface area contributed by atoms with Crippen LogP contribution < -0.4 is 9.47 Å². The maximum Gasteiger partial charge on any atom is 0.162 e. The van der Waals surface area contributed by atoms with Crippen LogP contribution in [0.2, 0.25) is 5.02 Å². The zero-order valence-corrected chi connectivity index (χ0v) is 11.9. The molecule has 0 radical (unpaired) electrons. The number of nitrogens with zero attached hydrogens (tertiary/aromatic N) is 1. The Kier molecular flexibility index (Phi) is 3.23. The van der Waals surface area contributed by atoms with E-state index in [0.717, 1.165) is 34.5 Å². The number of benzene rings is 1. The lowest BCUT2D eigenvalue weighted by Gasteiger charge is -2.18. The summed E-state index contributed by atoms with van der Waals surface area (Å²) in [6, 6.07) is 3.81. The molecule has 0 saturated heterocycles. The van der Waals surface area contributed by atoms with E-state index >= 15 is 0 Å². The van der Waals surface area contributed by atoms with E-state index in [0.29, 0.717) is 11.5 Å². The molecule has 2 aromatic rings. The van der Waals surface area contributed by atoms with Crippen LogP contribution in [0.25, 0.3) is 10.9 Å². The molecule has 1 heterocycles. The van der Waals surface area contributed by atoms with Gasteiger partial charge in [-0.3, -0.25) is 4.98 Å². The van der Waals surface area contributed by atoms with Crippen LogP contribution in [0.4, 0.5) is 0 Å². The number of aryl methyl sites for hydroxylation is 1. The zero-order valence-electron chi connectivity index (χ0n) is 11.1. The van der Waals surface area contributed by atoms with Crippen molar-refractivity contribution in [1.82, 2.24) is 4.98 Å². The molecular weight excluding hydrogens is 262 g/mol. The van der Waals surface area contributed by atoms with Crippen molar-refractivity contribution in [3.8, 4) is 11.5 Å². The Labute approximate surface area is 117 Å². The summed E-state index contributed by atoms with van der Waals surface area (Å²) in [6.45, 7) is 0. The minimum Gasteiger partial charge on any atom is -0.493 e. The summed E-state index contributed by atoms with van der Waals surface area (Å²) in [6.07, 6.45) is 4.41. The van der Waals surface area contributed by atoms with Crippen molar-refractivity contribution in [3.63, 3.8) is 0 Å². The van der Waals surface area contributed by atoms with Gasteiger partial charge >= 0.3 is 0 Å². The Morgan fingerprint density at radius 3 is 2.47 bits per heavy atom. The van der Waals surface area contributed by atoms with Crippen LogP contribution in [0.5, 0.6) is 11.5 Å². The Balaban J connectivity index is 2.29. The zero-order chi connectivity index (χ0) is 13.4. The van der Waals surface area contributed by atoms with E-state index in [2.05, 4.69) is 0 Å². The summed E-state index contributed by atoms with van der Waals surface area (Å²) >= 11 is 6.55. The molecule has 1 aromatic heterocycles. The standard InChI is InChI=1S/C15H16ClNO2/c1-18-13-7-10-12(8-14(13)19-2)17-11-6-4-3-5-9(11)15(10)16/h7-8H,3-6H2,1-2H3. The van der Waals surface area contributed by atoms with Gasteiger partial charge in [-0.25, -0.2) is 0 Å². The molecule has 0 atom stereocenters. The highest BCUT2D eigenvalue weighted by molar-refractivity contribution is 6.36. The van der Waals surface area contributed by atoms with Gasteiger partial charge in [0.2, 0.25) is 0 Å². The van der Waals surface area contributed by atoms with Gasteiger partial charge in [-0.1, -0.05) is 11.6 Å². The monoisotopic (exact) mass is 277 g/mol. The molecule has 0 N–H and O–H groups in total. The first kappa shape index (κ1) is 12.5. The molecule has 0 fully saturated rings. The second-order valence-corrected chi connectivity index (χ2v) is 5.16. The summed E-state index contributed by atoms with van der Waals surface area (Å²) in [7, 11) is 3.26. The van der Waals surface area contributed by atoms with Crippen LogP contribution in [0.1, 0.15) is 24.1 Å². The van der Waals surface area contributed by atoms with Crippen molar-refractivity contribution in [2.24, 2.45) is 0 Å². The van der Waals surface area contributed by atoms with Crippen molar-refractivity contribution in [2.75, 3.05) is 14.2 Å². The highest BCUT2D eigenvalue weighted by Gasteiger charge is 2.18. The Bertz CT molecular complexity index is 635. The number of fused-ring (bicyclic) bond motifs is 2. The van der Waals surface area contributed by atoms with Crippen LogP contribution in [0.15, 0.2) is 12.1 Å². The van der Waals surface area contributed by atoms with E-state index in [-0.39, 0.29) is 0 Å². The van der Waals surface area contributed by atoms with Crippen molar-refractivity contribution >= 4 is 22.5 Å². The molecule has 0 unspecified atom stereocenters. The quantitative estimate of drug-likeness (QED) is 0.837. The fourth-order valence-electron chi connectivity index (χ4n) is 2.69. The third kappa shape index (κ3) is 2.02. The average molecular weight is 278 g/mol. The predicted octanol–water partition coefficient (Wildman–Crippen LogP) is 3.78. The fourth-order valence-corrected chi connectivity index (χ4v) is 3.05. The van der Waals surface area contributed by atoms with Gasteiger partial charge in [0.05, 0.1) is 24.8 Å². The van der Waals surface area contributed by atoms with Gasteiger partial charge in [0.15, 0.2) is 11.5 Å². The summed E-state index contributed by atoms with van der Waals surface area (Å²) < 4.78 is 10.7. The molecule has 0 bridgehead atoms. The number of aromatic nitrogens is 1. The minimum atomic E-state index is 0.689. The second kappa shape index (κ2) is 4.89. The fraction of sp³-hybridized carbons (Fsp3) is 0.400. The first-order chi connectivity index (χ1) is 9.24. The van der Waals surface area contributed by atoms with E-state index < -0.39 is 0 Å². The Morgan fingerprint density at radius 1 is 1.05 bits per heavy atom. The lowest BCUT2D eigenvalue weighted by molar-refractivity contribution is 0.356. The highest BCUT2D eigenvalue weighted by Crippen LogP contribution is 2.38. The van der Waals surface area contributed by atoms with E-state index in [1.165, 1.54) is 18.4 Å². The molecule has 19 heavy (non-hydrogen) atoms. The van der Waals surface area contributed by atoms with Crippen LogP contribution in [0.3, 0.4) is 0 Å². The number of pyridine rings is 1. The van der Waals surface area contributed by atoms with Crippen molar-refractivity contribution in [1.29, 1.82) is 0 Å². The third-order valence-corrected chi connectivity index (χ3v) is 4.13. The number of hydrogen-bond acceptors (Lipinski definition) is 3. The van der Waals surface area contributed by atoms with Gasteiger partial charge < -0.3 is 9.47 Å². The average Bonchev–Trinajstić information content (AvgIpc) is 2.46. The van der Waals surface area contributed by atoms with Crippen LogP contribution in [-0.2, 0) is 12.8 Å². The van der Waals surface area contributed by atoms with Gasteiger partial charge in [0.25, 0.3) is 0 Å². The number of halogens is 1. The van der Waals surface area contributed by atoms with E-state index in [9.17, 15) is 0 Å². The number of rotatable bonds is 2. The number of ether oxygens (including phenoxy) is 2. The van der Waals surface area contributed by atoms with Gasteiger partial charge in [0.1, 0.15) is 0 Å². The SMILES string of the molecule is COc1cc2nc3c(c(Cl)c2cc1OC)CCCC3. The molecule has 0 spiro atoms. The smallest absolute Gasteiger partial charge is 0.162 e. The minimum absolute atomic E-state index is 0.689.